The Balaban J connectivity index is 1.82. The molecule has 0 bridgehead atoms. The van der Waals surface area contributed by atoms with Gasteiger partial charge in [0, 0.05) is 44.0 Å². The fourth-order valence-corrected chi connectivity index (χ4v) is 5.31. The quantitative estimate of drug-likeness (QED) is 0.517. The Labute approximate surface area is 191 Å². The van der Waals surface area contributed by atoms with E-state index in [2.05, 4.69) is 0 Å². The first-order valence-electron chi connectivity index (χ1n) is 10.4. The molecular formula is C24H24ClN3O4. The molecule has 7 nitrogen and oxygen atoms in total. The summed E-state index contributed by atoms with van der Waals surface area (Å²) in [6.45, 7) is 0. The average Bonchev–Trinajstić information content (AvgIpc) is 2.82. The van der Waals surface area contributed by atoms with Gasteiger partial charge in [-0.15, -0.1) is 0 Å². The fraction of sp³-hybridized carbons (Fsp3) is 0.333. The number of hydrogen-bond acceptors (Lipinski definition) is 5. The van der Waals surface area contributed by atoms with E-state index in [1.165, 1.54) is 14.1 Å². The van der Waals surface area contributed by atoms with Gasteiger partial charge in [-0.05, 0) is 48.1 Å². The molecule has 3 aliphatic rings. The number of aldehydes is 1. The summed E-state index contributed by atoms with van der Waals surface area (Å²) >= 11 is 6.82. The van der Waals surface area contributed by atoms with Gasteiger partial charge in [0.05, 0.1) is 0 Å². The van der Waals surface area contributed by atoms with E-state index in [0.29, 0.717) is 35.3 Å². The highest BCUT2D eigenvalue weighted by Gasteiger charge is 2.62. The van der Waals surface area contributed by atoms with Crippen LogP contribution >= 0.6 is 11.6 Å². The standard InChI is InChI=1S/C24H24ClN3O4/c1-26(17-7-5-4-6-8-17)13-16-9-10-19-18(20(16)25)11-15(14-29)12-24(19)21(30)27(2)23(32)28(3)22(24)31/h4-8,11,13-14,19H,9-10,12H2,1-3H3. The lowest BCUT2D eigenvalue weighted by Gasteiger charge is -2.49. The van der Waals surface area contributed by atoms with E-state index in [9.17, 15) is 19.2 Å². The van der Waals surface area contributed by atoms with Crippen molar-refractivity contribution in [2.24, 2.45) is 11.3 Å². The summed E-state index contributed by atoms with van der Waals surface area (Å²) in [6, 6.07) is 9.11. The van der Waals surface area contributed by atoms with Crippen LogP contribution in [-0.2, 0) is 14.4 Å². The number of nitrogens with zero attached hydrogens (tertiary/aromatic N) is 3. The number of imide groups is 2. The van der Waals surface area contributed by atoms with Gasteiger partial charge in [-0.2, -0.15) is 0 Å². The van der Waals surface area contributed by atoms with Crippen molar-refractivity contribution in [3.8, 4) is 0 Å². The number of hydrogen-bond donors (Lipinski definition) is 0. The zero-order valence-electron chi connectivity index (χ0n) is 18.2. The number of carbonyl (C=O) groups excluding carboxylic acids is 4. The monoisotopic (exact) mass is 453 g/mol. The van der Waals surface area contributed by atoms with Crippen molar-refractivity contribution in [3.05, 3.63) is 64.4 Å². The van der Waals surface area contributed by atoms with Crippen LogP contribution in [0.2, 0.25) is 0 Å². The molecule has 8 heteroatoms. The topological polar surface area (TPSA) is 78.0 Å². The maximum Gasteiger partial charge on any atom is 0.332 e. The number of rotatable bonds is 3. The average molecular weight is 454 g/mol. The Kier molecular flexibility index (Phi) is 5.54. The molecule has 32 heavy (non-hydrogen) atoms. The molecule has 0 saturated carbocycles. The van der Waals surface area contributed by atoms with Gasteiger partial charge in [-0.3, -0.25) is 24.2 Å². The predicted molar refractivity (Wildman–Crippen MR) is 121 cm³/mol. The predicted octanol–water partition coefficient (Wildman–Crippen LogP) is 3.48. The third kappa shape index (κ3) is 3.19. The molecule has 0 radical (unpaired) electrons. The summed E-state index contributed by atoms with van der Waals surface area (Å²) in [5.41, 5.74) is 1.20. The summed E-state index contributed by atoms with van der Waals surface area (Å²) in [5.74, 6) is -1.69. The van der Waals surface area contributed by atoms with Crippen LogP contribution in [0.5, 0.6) is 0 Å². The van der Waals surface area contributed by atoms with Crippen LogP contribution in [-0.4, -0.2) is 55.1 Å². The van der Waals surface area contributed by atoms with E-state index < -0.39 is 29.2 Å². The van der Waals surface area contributed by atoms with E-state index in [-0.39, 0.29) is 6.42 Å². The van der Waals surface area contributed by atoms with Crippen LogP contribution in [0.25, 0.3) is 0 Å². The summed E-state index contributed by atoms with van der Waals surface area (Å²) in [6.07, 6.45) is 5.28. The minimum atomic E-state index is -1.55. The lowest BCUT2D eigenvalue weighted by Crippen LogP contribution is -2.66. The fourth-order valence-electron chi connectivity index (χ4n) is 4.98. The molecule has 1 aliphatic heterocycles. The van der Waals surface area contributed by atoms with E-state index in [4.69, 9.17) is 11.6 Å². The van der Waals surface area contributed by atoms with Gasteiger partial charge >= 0.3 is 6.03 Å². The summed E-state index contributed by atoms with van der Waals surface area (Å²) in [5, 5.41) is 0.435. The second-order valence-corrected chi connectivity index (χ2v) is 8.84. The number of para-hydroxylation sites is 1. The Morgan fingerprint density at radius 3 is 2.31 bits per heavy atom. The van der Waals surface area contributed by atoms with Gasteiger partial charge in [0.1, 0.15) is 11.7 Å². The normalized spacial score (nSPS) is 24.1. The molecule has 0 aromatic heterocycles. The molecule has 2 aliphatic carbocycles. The molecule has 0 N–H and O–H groups in total. The lowest BCUT2D eigenvalue weighted by molar-refractivity contribution is -0.161. The summed E-state index contributed by atoms with van der Waals surface area (Å²) < 4.78 is 0. The van der Waals surface area contributed by atoms with Crippen molar-refractivity contribution in [1.29, 1.82) is 0 Å². The Morgan fingerprint density at radius 1 is 1.09 bits per heavy atom. The van der Waals surface area contributed by atoms with Crippen molar-refractivity contribution in [2.45, 2.75) is 19.3 Å². The number of urea groups is 1. The maximum atomic E-state index is 13.4. The SMILES string of the molecule is CN1C(=O)N(C)C(=O)C2(CC(C=O)=CC3=C(Cl)C(=CN(C)c4ccccc4)CCC32)C1=O. The third-order valence-electron chi connectivity index (χ3n) is 6.64. The van der Waals surface area contributed by atoms with Crippen molar-refractivity contribution < 1.29 is 19.2 Å². The number of benzene rings is 1. The minimum absolute atomic E-state index is 0.0442. The zero-order chi connectivity index (χ0) is 23.2. The van der Waals surface area contributed by atoms with Gasteiger partial charge in [0.25, 0.3) is 0 Å². The molecule has 4 rings (SSSR count). The number of halogens is 1. The van der Waals surface area contributed by atoms with Gasteiger partial charge in [0.2, 0.25) is 11.8 Å². The second-order valence-electron chi connectivity index (χ2n) is 8.46. The first-order valence-corrected chi connectivity index (χ1v) is 10.7. The summed E-state index contributed by atoms with van der Waals surface area (Å²) in [7, 11) is 4.65. The first-order chi connectivity index (χ1) is 15.2. The van der Waals surface area contributed by atoms with Crippen LogP contribution in [0.4, 0.5) is 10.5 Å². The molecule has 4 amide bonds. The number of carbonyl (C=O) groups is 4. The van der Waals surface area contributed by atoms with E-state index in [1.54, 1.807) is 6.08 Å². The van der Waals surface area contributed by atoms with Gasteiger partial charge in [0.15, 0.2) is 0 Å². The number of anilines is 1. The van der Waals surface area contributed by atoms with E-state index >= 15 is 0 Å². The molecule has 1 heterocycles. The zero-order valence-corrected chi connectivity index (χ0v) is 18.9. The molecular weight excluding hydrogens is 430 g/mol. The molecule has 1 saturated heterocycles. The molecule has 1 spiro atoms. The number of allylic oxidation sites excluding steroid dienone is 5. The van der Waals surface area contributed by atoms with Crippen molar-refractivity contribution in [2.75, 3.05) is 26.0 Å². The second kappa shape index (κ2) is 8.06. The van der Waals surface area contributed by atoms with Crippen molar-refractivity contribution >= 4 is 41.4 Å². The van der Waals surface area contributed by atoms with E-state index in [1.807, 2.05) is 48.5 Å². The van der Waals surface area contributed by atoms with Crippen LogP contribution in [0, 0.1) is 11.3 Å². The van der Waals surface area contributed by atoms with Crippen molar-refractivity contribution in [3.63, 3.8) is 0 Å². The van der Waals surface area contributed by atoms with E-state index in [0.717, 1.165) is 21.1 Å². The third-order valence-corrected chi connectivity index (χ3v) is 7.10. The van der Waals surface area contributed by atoms with Gasteiger partial charge < -0.3 is 4.90 Å². The van der Waals surface area contributed by atoms with Gasteiger partial charge in [-0.25, -0.2) is 4.79 Å². The molecule has 1 unspecified atom stereocenters. The molecule has 1 fully saturated rings. The lowest BCUT2D eigenvalue weighted by atomic mass is 9.59. The minimum Gasteiger partial charge on any atom is -0.351 e. The largest absolute Gasteiger partial charge is 0.351 e. The Morgan fingerprint density at radius 2 is 1.72 bits per heavy atom. The number of amides is 4. The number of fused-ring (bicyclic) bond motifs is 2. The Hall–Kier alpha value is -3.19. The van der Waals surface area contributed by atoms with Gasteiger partial charge in [-0.1, -0.05) is 35.9 Å². The van der Waals surface area contributed by atoms with Crippen molar-refractivity contribution in [1.82, 2.24) is 9.80 Å². The summed E-state index contributed by atoms with van der Waals surface area (Å²) in [4.78, 5) is 54.7. The molecule has 1 aromatic carbocycles. The molecule has 166 valence electrons. The van der Waals surface area contributed by atoms with Crippen LogP contribution in [0.15, 0.2) is 64.4 Å². The smallest absolute Gasteiger partial charge is 0.332 e. The Bertz CT molecular complexity index is 1080. The first kappa shape index (κ1) is 22.0. The maximum absolute atomic E-state index is 13.4. The molecule has 1 aromatic rings. The molecule has 1 atom stereocenters. The highest BCUT2D eigenvalue weighted by atomic mass is 35.5. The van der Waals surface area contributed by atoms with Crippen LogP contribution in [0.3, 0.4) is 0 Å². The highest BCUT2D eigenvalue weighted by Crippen LogP contribution is 2.54. The van der Waals surface area contributed by atoms with Crippen LogP contribution < -0.4 is 4.90 Å². The number of barbiturate groups is 1. The highest BCUT2D eigenvalue weighted by molar-refractivity contribution is 6.33. The van der Waals surface area contributed by atoms with Crippen LogP contribution in [0.1, 0.15) is 19.3 Å².